The lowest BCUT2D eigenvalue weighted by molar-refractivity contribution is -0.396. The topological polar surface area (TPSA) is 113 Å². The van der Waals surface area contributed by atoms with Crippen LogP contribution in [0.1, 0.15) is 6.92 Å². The molecule has 0 spiro atoms. The van der Waals surface area contributed by atoms with Crippen LogP contribution < -0.4 is 0 Å². The molecular weight excluding hydrogens is 264 g/mol. The summed E-state index contributed by atoms with van der Waals surface area (Å²) in [6.45, 7) is 1.75. The number of nitro benzene ring substituents is 2. The predicted molar refractivity (Wildman–Crippen MR) is 62.6 cm³/mol. The Bertz CT molecular complexity index is 504. The summed E-state index contributed by atoms with van der Waals surface area (Å²) in [5.41, 5.74) is -0.905. The van der Waals surface area contributed by atoms with Crippen molar-refractivity contribution >= 4 is 28.4 Å². The van der Waals surface area contributed by atoms with Crippen LogP contribution in [0.3, 0.4) is 0 Å². The summed E-state index contributed by atoms with van der Waals surface area (Å²) in [4.78, 5) is 30.9. The zero-order valence-corrected chi connectivity index (χ0v) is 10.0. The van der Waals surface area contributed by atoms with Gasteiger partial charge in [-0.05, 0) is 13.0 Å². The van der Waals surface area contributed by atoms with Crippen molar-refractivity contribution in [2.45, 2.75) is 11.8 Å². The van der Waals surface area contributed by atoms with Crippen LogP contribution in [-0.2, 0) is 4.74 Å². The van der Waals surface area contributed by atoms with Crippen LogP contribution in [0.4, 0.5) is 16.2 Å². The normalized spacial score (nSPS) is 9.83. The van der Waals surface area contributed by atoms with E-state index in [1.54, 1.807) is 6.92 Å². The molecule has 0 N–H and O–H groups in total. The lowest BCUT2D eigenvalue weighted by Crippen LogP contribution is -1.99. The highest BCUT2D eigenvalue weighted by atomic mass is 32.2. The van der Waals surface area contributed by atoms with E-state index in [0.717, 1.165) is 18.2 Å². The number of benzene rings is 1. The number of hydrogen-bond acceptors (Lipinski definition) is 7. The molecule has 0 radical (unpaired) electrons. The molecule has 0 atom stereocenters. The van der Waals surface area contributed by atoms with Crippen molar-refractivity contribution < 1.29 is 19.4 Å². The first-order valence-corrected chi connectivity index (χ1v) is 5.54. The van der Waals surface area contributed by atoms with E-state index in [2.05, 4.69) is 4.74 Å². The van der Waals surface area contributed by atoms with Crippen molar-refractivity contribution in [2.75, 3.05) is 6.61 Å². The quantitative estimate of drug-likeness (QED) is 0.358. The highest BCUT2D eigenvalue weighted by Gasteiger charge is 2.22. The number of thioether (sulfide) groups is 1. The van der Waals surface area contributed by atoms with Crippen molar-refractivity contribution in [3.8, 4) is 0 Å². The fourth-order valence-corrected chi connectivity index (χ4v) is 1.82. The monoisotopic (exact) mass is 272 g/mol. The Balaban J connectivity index is 3.08. The second-order valence-electron chi connectivity index (χ2n) is 2.95. The molecule has 0 saturated carbocycles. The van der Waals surface area contributed by atoms with E-state index >= 15 is 0 Å². The van der Waals surface area contributed by atoms with Crippen LogP contribution in [-0.4, -0.2) is 21.8 Å². The van der Waals surface area contributed by atoms with E-state index in [-0.39, 0.29) is 11.5 Å². The summed E-state index contributed by atoms with van der Waals surface area (Å²) in [6, 6.07) is 3.05. The van der Waals surface area contributed by atoms with Crippen LogP contribution in [0.2, 0.25) is 0 Å². The Morgan fingerprint density at radius 2 is 2.00 bits per heavy atom. The van der Waals surface area contributed by atoms with Crippen molar-refractivity contribution in [2.24, 2.45) is 0 Å². The molecule has 0 heterocycles. The first-order valence-electron chi connectivity index (χ1n) is 4.73. The molecule has 1 aromatic rings. The number of hydrogen-bond donors (Lipinski definition) is 0. The molecule has 8 nitrogen and oxygen atoms in total. The molecule has 18 heavy (non-hydrogen) atoms. The van der Waals surface area contributed by atoms with Gasteiger partial charge in [-0.15, -0.1) is 0 Å². The molecule has 0 aromatic heterocycles. The summed E-state index contributed by atoms with van der Waals surface area (Å²) in [5, 5.41) is 20.6. The van der Waals surface area contributed by atoms with Gasteiger partial charge in [0.25, 0.3) is 11.4 Å². The summed E-state index contributed by atoms with van der Waals surface area (Å²) in [5.74, 6) is 0. The molecule has 0 aliphatic rings. The number of non-ortho nitro benzene ring substituents is 1. The lowest BCUT2D eigenvalue weighted by Gasteiger charge is -2.02. The third-order valence-corrected chi connectivity index (χ3v) is 2.66. The van der Waals surface area contributed by atoms with Gasteiger partial charge < -0.3 is 4.74 Å². The molecule has 0 unspecified atom stereocenters. The number of ether oxygens (including phenoxy) is 1. The third kappa shape index (κ3) is 3.42. The lowest BCUT2D eigenvalue weighted by atomic mass is 10.3. The van der Waals surface area contributed by atoms with Crippen LogP contribution in [0.25, 0.3) is 0 Å². The first-order chi connectivity index (χ1) is 8.45. The molecule has 96 valence electrons. The molecule has 1 aromatic carbocycles. The second-order valence-corrected chi connectivity index (χ2v) is 3.93. The van der Waals surface area contributed by atoms with E-state index < -0.39 is 26.5 Å². The van der Waals surface area contributed by atoms with Gasteiger partial charge in [-0.2, -0.15) is 0 Å². The van der Waals surface area contributed by atoms with Gasteiger partial charge in [-0.25, -0.2) is 4.79 Å². The van der Waals surface area contributed by atoms with Gasteiger partial charge in [0.1, 0.15) is 0 Å². The molecule has 0 saturated heterocycles. The summed E-state index contributed by atoms with van der Waals surface area (Å²) < 4.78 is 4.63. The maximum absolute atomic E-state index is 11.2. The largest absolute Gasteiger partial charge is 0.458 e. The Morgan fingerprint density at radius 1 is 1.33 bits per heavy atom. The highest BCUT2D eigenvalue weighted by Crippen LogP contribution is 2.33. The molecule has 0 fully saturated rings. The van der Waals surface area contributed by atoms with Gasteiger partial charge in [-0.1, -0.05) is 0 Å². The van der Waals surface area contributed by atoms with E-state index in [1.807, 2.05) is 0 Å². The molecule has 1 rings (SSSR count). The minimum absolute atomic E-state index is 0.00375. The predicted octanol–water partition coefficient (Wildman–Crippen LogP) is 2.75. The Kier molecular flexibility index (Phi) is 4.60. The molecule has 0 bridgehead atoms. The van der Waals surface area contributed by atoms with Gasteiger partial charge in [0, 0.05) is 17.8 Å². The second kappa shape index (κ2) is 5.96. The Morgan fingerprint density at radius 3 is 2.50 bits per heavy atom. The van der Waals surface area contributed by atoms with Crippen molar-refractivity contribution in [3.63, 3.8) is 0 Å². The molecule has 0 amide bonds. The minimum atomic E-state index is -0.783. The Hall–Kier alpha value is -2.16. The van der Waals surface area contributed by atoms with Gasteiger partial charge in [0.15, 0.2) is 0 Å². The molecular formula is C9H8N2O6S. The fraction of sp³-hybridized carbons (Fsp3) is 0.222. The van der Waals surface area contributed by atoms with E-state index in [9.17, 15) is 25.0 Å². The van der Waals surface area contributed by atoms with E-state index in [1.165, 1.54) is 0 Å². The average Bonchev–Trinajstić information content (AvgIpc) is 2.29. The van der Waals surface area contributed by atoms with Gasteiger partial charge in [0.2, 0.25) is 0 Å². The SMILES string of the molecule is CCOC(=O)Sc1ccc([N+](=O)[O-])cc1[N+](=O)[O-]. The average molecular weight is 272 g/mol. The summed E-state index contributed by atoms with van der Waals surface area (Å²) in [7, 11) is 0. The number of nitrogens with zero attached hydrogens (tertiary/aromatic N) is 2. The molecule has 0 aliphatic carbocycles. The maximum atomic E-state index is 11.2. The van der Waals surface area contributed by atoms with Crippen molar-refractivity contribution in [1.82, 2.24) is 0 Å². The zero-order valence-electron chi connectivity index (χ0n) is 9.19. The van der Waals surface area contributed by atoms with Crippen LogP contribution in [0, 0.1) is 20.2 Å². The number of nitro groups is 2. The molecule has 9 heteroatoms. The molecule has 0 aliphatic heterocycles. The van der Waals surface area contributed by atoms with Gasteiger partial charge in [-0.3, -0.25) is 20.2 Å². The number of carbonyl (C=O) groups excluding carboxylic acids is 1. The van der Waals surface area contributed by atoms with Crippen LogP contribution in [0.15, 0.2) is 23.1 Å². The number of rotatable bonds is 4. The summed E-state index contributed by atoms with van der Waals surface area (Å²) in [6.07, 6.45) is 0. The van der Waals surface area contributed by atoms with E-state index in [4.69, 9.17) is 0 Å². The van der Waals surface area contributed by atoms with Crippen LogP contribution >= 0.6 is 11.8 Å². The van der Waals surface area contributed by atoms with Crippen LogP contribution in [0.5, 0.6) is 0 Å². The summed E-state index contributed by atoms with van der Waals surface area (Å²) >= 11 is 0.518. The third-order valence-electron chi connectivity index (χ3n) is 1.81. The number of carbonyl (C=O) groups is 1. The smallest absolute Gasteiger partial charge is 0.372 e. The van der Waals surface area contributed by atoms with E-state index in [0.29, 0.717) is 11.8 Å². The van der Waals surface area contributed by atoms with Gasteiger partial charge >= 0.3 is 5.30 Å². The zero-order chi connectivity index (χ0) is 13.7. The standard InChI is InChI=1S/C9H8N2O6S/c1-2-17-9(12)18-8-4-3-6(10(13)14)5-7(8)11(15)16/h3-5H,2H2,1H3. The van der Waals surface area contributed by atoms with Gasteiger partial charge in [0.05, 0.1) is 27.4 Å². The Labute approximate surface area is 105 Å². The maximum Gasteiger partial charge on any atom is 0.372 e. The highest BCUT2D eigenvalue weighted by molar-refractivity contribution is 8.13. The fourth-order valence-electron chi connectivity index (χ4n) is 1.09. The van der Waals surface area contributed by atoms with Crippen molar-refractivity contribution in [1.29, 1.82) is 0 Å². The van der Waals surface area contributed by atoms with Crippen molar-refractivity contribution in [3.05, 3.63) is 38.4 Å². The first kappa shape index (κ1) is 13.9. The minimum Gasteiger partial charge on any atom is -0.458 e.